The van der Waals surface area contributed by atoms with Crippen molar-refractivity contribution in [1.82, 2.24) is 15.3 Å². The van der Waals surface area contributed by atoms with Crippen molar-refractivity contribution < 1.29 is 23.9 Å². The summed E-state index contributed by atoms with van der Waals surface area (Å²) in [6.45, 7) is 14.9. The minimum atomic E-state index is -0.407. The zero-order valence-corrected chi connectivity index (χ0v) is 22.2. The van der Waals surface area contributed by atoms with Crippen LogP contribution in [0, 0.1) is 17.8 Å². The van der Waals surface area contributed by atoms with Crippen LogP contribution in [0.2, 0.25) is 0 Å². The van der Waals surface area contributed by atoms with Gasteiger partial charge in [0.25, 0.3) is 0 Å². The molecule has 5 atom stereocenters. The molecule has 196 valence electrons. The number of methoxy groups -OCH3 is 2. The van der Waals surface area contributed by atoms with Gasteiger partial charge in [-0.1, -0.05) is 40.7 Å². The van der Waals surface area contributed by atoms with Crippen molar-refractivity contribution in [2.24, 2.45) is 17.8 Å². The lowest BCUT2D eigenvalue weighted by atomic mass is 9.86. The lowest BCUT2D eigenvalue weighted by Gasteiger charge is -2.35. The molecule has 8 heteroatoms. The molecular weight excluding hydrogens is 434 g/mol. The SMILES string of the molecule is C=C(CNC(=O)C(C)C(OC)C1CCCN1C(=O)CC(OC)C(CC)C(C)C)N1CCCCO1. The van der Waals surface area contributed by atoms with E-state index in [1.807, 2.05) is 11.8 Å². The largest absolute Gasteiger partial charge is 0.381 e. The van der Waals surface area contributed by atoms with Gasteiger partial charge in [0.15, 0.2) is 0 Å². The summed E-state index contributed by atoms with van der Waals surface area (Å²) < 4.78 is 11.6. The van der Waals surface area contributed by atoms with Crippen molar-refractivity contribution in [3.63, 3.8) is 0 Å². The van der Waals surface area contributed by atoms with E-state index in [-0.39, 0.29) is 30.1 Å². The van der Waals surface area contributed by atoms with Gasteiger partial charge in [-0.3, -0.25) is 19.5 Å². The molecule has 0 radical (unpaired) electrons. The van der Waals surface area contributed by atoms with Crippen LogP contribution in [0.3, 0.4) is 0 Å². The van der Waals surface area contributed by atoms with Gasteiger partial charge in [0.05, 0.1) is 49.4 Å². The van der Waals surface area contributed by atoms with E-state index in [4.69, 9.17) is 14.3 Å². The molecule has 1 N–H and O–H groups in total. The second-order valence-corrected chi connectivity index (χ2v) is 10.0. The summed E-state index contributed by atoms with van der Waals surface area (Å²) in [4.78, 5) is 33.8. The molecule has 8 nitrogen and oxygen atoms in total. The van der Waals surface area contributed by atoms with E-state index in [2.05, 4.69) is 32.7 Å². The number of carbonyl (C=O) groups excluding carboxylic acids is 2. The van der Waals surface area contributed by atoms with Crippen molar-refractivity contribution in [1.29, 1.82) is 0 Å². The van der Waals surface area contributed by atoms with Crippen molar-refractivity contribution in [3.8, 4) is 0 Å². The van der Waals surface area contributed by atoms with Crippen LogP contribution in [-0.4, -0.2) is 80.5 Å². The molecule has 0 aromatic heterocycles. The van der Waals surface area contributed by atoms with E-state index in [9.17, 15) is 9.59 Å². The summed E-state index contributed by atoms with van der Waals surface area (Å²) >= 11 is 0. The zero-order chi connectivity index (χ0) is 25.3. The first-order chi connectivity index (χ1) is 16.2. The highest BCUT2D eigenvalue weighted by atomic mass is 16.7. The van der Waals surface area contributed by atoms with E-state index in [1.54, 1.807) is 19.3 Å². The number of hydrogen-bond donors (Lipinski definition) is 1. The highest BCUT2D eigenvalue weighted by Gasteiger charge is 2.40. The van der Waals surface area contributed by atoms with Gasteiger partial charge in [-0.25, -0.2) is 0 Å². The van der Waals surface area contributed by atoms with Crippen molar-refractivity contribution in [2.75, 3.05) is 40.5 Å². The molecular formula is C26H47N3O5. The summed E-state index contributed by atoms with van der Waals surface area (Å²) in [5.74, 6) is 0.340. The molecule has 2 aliphatic rings. The number of hydroxylamine groups is 2. The molecule has 34 heavy (non-hydrogen) atoms. The molecule has 0 aliphatic carbocycles. The number of nitrogens with zero attached hydrogens (tertiary/aromatic N) is 2. The van der Waals surface area contributed by atoms with Gasteiger partial charge < -0.3 is 19.7 Å². The van der Waals surface area contributed by atoms with E-state index >= 15 is 0 Å². The molecule has 2 fully saturated rings. The standard InChI is InChI=1S/C26H47N3O5/c1-8-21(18(2)3)23(32-6)16-24(30)28-13-11-12-22(28)25(33-7)20(5)26(31)27-17-19(4)29-14-9-10-15-34-29/h18,20-23,25H,4,8-17H2,1-3,5-7H3,(H,27,31). The molecule has 2 amide bonds. The van der Waals surface area contributed by atoms with Gasteiger partial charge in [-0.2, -0.15) is 0 Å². The Hall–Kier alpha value is -1.64. The molecule has 0 saturated carbocycles. The molecule has 0 aromatic carbocycles. The molecule has 2 aliphatic heterocycles. The Morgan fingerprint density at radius 1 is 1.12 bits per heavy atom. The number of ether oxygens (including phenoxy) is 2. The molecule has 2 saturated heterocycles. The Labute approximate surface area is 206 Å². The Kier molecular flexibility index (Phi) is 11.8. The van der Waals surface area contributed by atoms with E-state index < -0.39 is 5.92 Å². The normalized spacial score (nSPS) is 22.4. The van der Waals surface area contributed by atoms with Crippen molar-refractivity contribution in [3.05, 3.63) is 12.3 Å². The maximum absolute atomic E-state index is 13.3. The second kappa shape index (κ2) is 14.0. The zero-order valence-electron chi connectivity index (χ0n) is 22.2. The predicted octanol–water partition coefficient (Wildman–Crippen LogP) is 3.37. The Morgan fingerprint density at radius 2 is 1.85 bits per heavy atom. The highest BCUT2D eigenvalue weighted by molar-refractivity contribution is 5.80. The maximum Gasteiger partial charge on any atom is 0.225 e. The number of likely N-dealkylation sites (tertiary alicyclic amines) is 1. The van der Waals surface area contributed by atoms with E-state index in [1.165, 1.54) is 0 Å². The fourth-order valence-electron chi connectivity index (χ4n) is 5.43. The first-order valence-corrected chi connectivity index (χ1v) is 13.0. The minimum absolute atomic E-state index is 0.0822. The third kappa shape index (κ3) is 7.43. The molecule has 0 spiro atoms. The summed E-state index contributed by atoms with van der Waals surface area (Å²) in [5.41, 5.74) is 0.744. The molecule has 5 unspecified atom stereocenters. The van der Waals surface area contributed by atoms with Crippen molar-refractivity contribution >= 4 is 11.8 Å². The molecule has 2 heterocycles. The van der Waals surface area contributed by atoms with E-state index in [0.717, 1.165) is 44.3 Å². The molecule has 0 aromatic rings. The maximum atomic E-state index is 13.3. The van der Waals surface area contributed by atoms with E-state index in [0.29, 0.717) is 38.0 Å². The van der Waals surface area contributed by atoms with Crippen LogP contribution in [0.4, 0.5) is 0 Å². The minimum Gasteiger partial charge on any atom is -0.381 e. The van der Waals surface area contributed by atoms with Crippen LogP contribution in [0.5, 0.6) is 0 Å². The number of carbonyl (C=O) groups is 2. The third-order valence-corrected chi connectivity index (χ3v) is 7.48. The average Bonchev–Trinajstić information content (AvgIpc) is 3.32. The Bertz CT molecular complexity index is 665. The monoisotopic (exact) mass is 481 g/mol. The van der Waals surface area contributed by atoms with Gasteiger partial charge in [0.2, 0.25) is 11.8 Å². The number of hydrogen-bond acceptors (Lipinski definition) is 6. The quantitative estimate of drug-likeness (QED) is 0.434. The first kappa shape index (κ1) is 28.6. The van der Waals surface area contributed by atoms with Gasteiger partial charge in [-0.05, 0) is 37.5 Å². The van der Waals surface area contributed by atoms with Gasteiger partial charge in [0.1, 0.15) is 0 Å². The fourth-order valence-corrected chi connectivity index (χ4v) is 5.43. The molecule has 2 rings (SSSR count). The van der Waals surface area contributed by atoms with Gasteiger partial charge in [0, 0.05) is 27.3 Å². The number of amides is 2. The van der Waals surface area contributed by atoms with Gasteiger partial charge >= 0.3 is 0 Å². The third-order valence-electron chi connectivity index (χ3n) is 7.48. The summed E-state index contributed by atoms with van der Waals surface area (Å²) in [5, 5.41) is 4.74. The topological polar surface area (TPSA) is 80.3 Å². The second-order valence-electron chi connectivity index (χ2n) is 10.0. The lowest BCUT2D eigenvalue weighted by Crippen LogP contribution is -2.50. The van der Waals surface area contributed by atoms with Crippen LogP contribution >= 0.6 is 0 Å². The van der Waals surface area contributed by atoms with Crippen molar-refractivity contribution in [2.45, 2.75) is 84.5 Å². The first-order valence-electron chi connectivity index (χ1n) is 13.0. The van der Waals surface area contributed by atoms with Crippen LogP contribution in [0.15, 0.2) is 12.3 Å². The van der Waals surface area contributed by atoms with Crippen LogP contribution < -0.4 is 5.32 Å². The number of rotatable bonds is 13. The fraction of sp³-hybridized carbons (Fsp3) is 0.846. The predicted molar refractivity (Wildman–Crippen MR) is 133 cm³/mol. The van der Waals surface area contributed by atoms with Gasteiger partial charge in [-0.15, -0.1) is 0 Å². The summed E-state index contributed by atoms with van der Waals surface area (Å²) in [6.07, 6.45) is 4.68. The Balaban J connectivity index is 1.98. The van der Waals surface area contributed by atoms with Crippen LogP contribution in [-0.2, 0) is 23.9 Å². The summed E-state index contributed by atoms with van der Waals surface area (Å²) in [7, 11) is 3.32. The van der Waals surface area contributed by atoms with Crippen LogP contribution in [0.25, 0.3) is 0 Å². The molecule has 0 bridgehead atoms. The highest BCUT2D eigenvalue weighted by Crippen LogP contribution is 2.29. The Morgan fingerprint density at radius 3 is 2.41 bits per heavy atom. The smallest absolute Gasteiger partial charge is 0.225 e. The lowest BCUT2D eigenvalue weighted by molar-refractivity contribution is -0.155. The number of nitrogens with one attached hydrogen (secondary N) is 1. The summed E-state index contributed by atoms with van der Waals surface area (Å²) in [6, 6.07) is -0.122. The average molecular weight is 482 g/mol. The van der Waals surface area contributed by atoms with Crippen LogP contribution in [0.1, 0.15) is 66.2 Å².